The monoisotopic (exact) mass is 280 g/mol. The van der Waals surface area contributed by atoms with Crippen LogP contribution in [0.3, 0.4) is 0 Å². The van der Waals surface area contributed by atoms with E-state index in [-0.39, 0.29) is 5.41 Å². The van der Waals surface area contributed by atoms with Crippen LogP contribution in [-0.4, -0.2) is 15.0 Å². The molecule has 2 heterocycles. The highest BCUT2D eigenvalue weighted by Crippen LogP contribution is 2.26. The Morgan fingerprint density at radius 2 is 1.90 bits per heavy atom. The first-order valence-electron chi connectivity index (χ1n) is 7.16. The molecule has 0 spiro atoms. The van der Waals surface area contributed by atoms with Gasteiger partial charge in [0.25, 0.3) is 0 Å². The second-order valence-corrected chi connectivity index (χ2v) is 6.49. The predicted octanol–water partition coefficient (Wildman–Crippen LogP) is 4.29. The third kappa shape index (κ3) is 3.21. The number of para-hydroxylation sites is 1. The number of aromatic amines is 1. The minimum atomic E-state index is 0.222. The lowest BCUT2D eigenvalue weighted by atomic mass is 9.89. The topological polar surface area (TPSA) is 53.6 Å². The number of H-pyrrole nitrogens is 1. The van der Waals surface area contributed by atoms with Crippen LogP contribution in [0.1, 0.15) is 26.3 Å². The molecule has 0 bridgehead atoms. The summed E-state index contributed by atoms with van der Waals surface area (Å²) in [5.41, 5.74) is 4.24. The van der Waals surface area contributed by atoms with Crippen molar-refractivity contribution in [3.63, 3.8) is 0 Å². The van der Waals surface area contributed by atoms with Crippen LogP contribution >= 0.6 is 0 Å². The van der Waals surface area contributed by atoms with Gasteiger partial charge in [0.2, 0.25) is 0 Å². The first-order chi connectivity index (χ1) is 10.0. The normalized spacial score (nSPS) is 11.8. The minimum absolute atomic E-state index is 0.222. The molecule has 0 aliphatic heterocycles. The van der Waals surface area contributed by atoms with E-state index in [0.29, 0.717) is 0 Å². The van der Waals surface area contributed by atoms with E-state index in [1.807, 2.05) is 36.5 Å². The number of fused-ring (bicyclic) bond motifs is 1. The third-order valence-corrected chi connectivity index (χ3v) is 3.23. The molecular formula is C17H20N4. The van der Waals surface area contributed by atoms with Gasteiger partial charge in [0.1, 0.15) is 11.3 Å². The van der Waals surface area contributed by atoms with Crippen LogP contribution in [-0.2, 0) is 6.42 Å². The van der Waals surface area contributed by atoms with E-state index < -0.39 is 0 Å². The maximum absolute atomic E-state index is 4.71. The molecule has 0 unspecified atom stereocenters. The summed E-state index contributed by atoms with van der Waals surface area (Å²) in [6, 6.07) is 10.0. The van der Waals surface area contributed by atoms with Gasteiger partial charge in [0, 0.05) is 11.9 Å². The fourth-order valence-electron chi connectivity index (χ4n) is 2.38. The maximum Gasteiger partial charge on any atom is 0.156 e. The van der Waals surface area contributed by atoms with Gasteiger partial charge >= 0.3 is 0 Å². The van der Waals surface area contributed by atoms with Crippen molar-refractivity contribution < 1.29 is 0 Å². The van der Waals surface area contributed by atoms with Crippen molar-refractivity contribution in [2.75, 3.05) is 5.32 Å². The molecule has 2 aromatic heterocycles. The molecule has 0 saturated heterocycles. The molecule has 0 aliphatic rings. The van der Waals surface area contributed by atoms with Crippen molar-refractivity contribution in [2.45, 2.75) is 27.2 Å². The molecule has 4 heteroatoms. The second-order valence-electron chi connectivity index (χ2n) is 6.49. The van der Waals surface area contributed by atoms with Crippen molar-refractivity contribution in [3.05, 3.63) is 48.3 Å². The lowest BCUT2D eigenvalue weighted by Gasteiger charge is -2.16. The van der Waals surface area contributed by atoms with Crippen LogP contribution in [0, 0.1) is 5.41 Å². The Bertz CT molecular complexity index is 738. The van der Waals surface area contributed by atoms with E-state index >= 15 is 0 Å². The number of rotatable bonds is 3. The summed E-state index contributed by atoms with van der Waals surface area (Å²) in [6.45, 7) is 6.68. The second kappa shape index (κ2) is 5.20. The van der Waals surface area contributed by atoms with Crippen molar-refractivity contribution in [1.82, 2.24) is 15.0 Å². The molecule has 3 aromatic rings. The number of hydrogen-bond acceptors (Lipinski definition) is 3. The number of anilines is 2. The van der Waals surface area contributed by atoms with Crippen LogP contribution < -0.4 is 5.32 Å². The molecule has 0 radical (unpaired) electrons. The highest BCUT2D eigenvalue weighted by atomic mass is 15.0. The van der Waals surface area contributed by atoms with E-state index in [9.17, 15) is 0 Å². The molecule has 0 atom stereocenters. The number of nitrogens with one attached hydrogen (secondary N) is 2. The van der Waals surface area contributed by atoms with E-state index in [2.05, 4.69) is 36.1 Å². The molecule has 21 heavy (non-hydrogen) atoms. The SMILES string of the molecule is CC(C)(C)Cc1c[nH]c2ncc(Nc3ccccc3)nc12. The average molecular weight is 280 g/mol. The zero-order valence-electron chi connectivity index (χ0n) is 12.6. The lowest BCUT2D eigenvalue weighted by molar-refractivity contribution is 0.412. The van der Waals surface area contributed by atoms with E-state index in [0.717, 1.165) is 29.1 Å². The number of benzene rings is 1. The molecule has 0 amide bonds. The van der Waals surface area contributed by atoms with Gasteiger partial charge in [-0.3, -0.25) is 0 Å². The van der Waals surface area contributed by atoms with E-state index in [1.165, 1.54) is 5.56 Å². The molecular weight excluding hydrogens is 260 g/mol. The Balaban J connectivity index is 1.93. The highest BCUT2D eigenvalue weighted by Gasteiger charge is 2.16. The Hall–Kier alpha value is -2.36. The van der Waals surface area contributed by atoms with Gasteiger partial charge in [0.15, 0.2) is 5.65 Å². The van der Waals surface area contributed by atoms with Gasteiger partial charge in [-0.25, -0.2) is 9.97 Å². The van der Waals surface area contributed by atoms with Crippen LogP contribution in [0.2, 0.25) is 0 Å². The predicted molar refractivity (Wildman–Crippen MR) is 86.8 cm³/mol. The summed E-state index contributed by atoms with van der Waals surface area (Å²) < 4.78 is 0. The fraction of sp³-hybridized carbons (Fsp3) is 0.294. The van der Waals surface area contributed by atoms with Gasteiger partial charge in [0.05, 0.1) is 6.20 Å². The van der Waals surface area contributed by atoms with E-state index in [1.54, 1.807) is 6.20 Å². The standard InChI is InChI=1S/C17H20N4/c1-17(2,3)9-12-10-18-16-15(12)21-14(11-19-16)20-13-7-5-4-6-8-13/h4-8,10-11H,9H2,1-3H3,(H,18,19)(H,20,21). The molecule has 2 N–H and O–H groups in total. The van der Waals surface area contributed by atoms with Crippen molar-refractivity contribution >= 4 is 22.7 Å². The van der Waals surface area contributed by atoms with Gasteiger partial charge in [-0.15, -0.1) is 0 Å². The van der Waals surface area contributed by atoms with Crippen LogP contribution in [0.5, 0.6) is 0 Å². The third-order valence-electron chi connectivity index (χ3n) is 3.23. The summed E-state index contributed by atoms with van der Waals surface area (Å²) >= 11 is 0. The van der Waals surface area contributed by atoms with Crippen LogP contribution in [0.15, 0.2) is 42.7 Å². The molecule has 3 rings (SSSR count). The summed E-state index contributed by atoms with van der Waals surface area (Å²) in [7, 11) is 0. The van der Waals surface area contributed by atoms with Gasteiger partial charge in [-0.05, 0) is 29.5 Å². The summed E-state index contributed by atoms with van der Waals surface area (Å²) in [4.78, 5) is 12.4. The summed E-state index contributed by atoms with van der Waals surface area (Å²) in [5, 5.41) is 3.29. The minimum Gasteiger partial charge on any atom is -0.345 e. The Morgan fingerprint density at radius 1 is 1.14 bits per heavy atom. The van der Waals surface area contributed by atoms with Gasteiger partial charge < -0.3 is 10.3 Å². The van der Waals surface area contributed by atoms with Gasteiger partial charge in [-0.1, -0.05) is 39.0 Å². The molecule has 108 valence electrons. The number of nitrogens with zero attached hydrogens (tertiary/aromatic N) is 2. The first kappa shape index (κ1) is 13.6. The smallest absolute Gasteiger partial charge is 0.156 e. The zero-order valence-corrected chi connectivity index (χ0v) is 12.6. The first-order valence-corrected chi connectivity index (χ1v) is 7.16. The molecule has 0 aliphatic carbocycles. The van der Waals surface area contributed by atoms with Crippen LogP contribution in [0.25, 0.3) is 11.2 Å². The fourth-order valence-corrected chi connectivity index (χ4v) is 2.38. The molecule has 0 saturated carbocycles. The molecule has 1 aromatic carbocycles. The average Bonchev–Trinajstić information content (AvgIpc) is 2.81. The Labute approximate surface area is 124 Å². The Kier molecular flexibility index (Phi) is 3.37. The zero-order chi connectivity index (χ0) is 14.9. The Morgan fingerprint density at radius 3 is 2.62 bits per heavy atom. The highest BCUT2D eigenvalue weighted by molar-refractivity contribution is 5.77. The maximum atomic E-state index is 4.71. The summed E-state index contributed by atoms with van der Waals surface area (Å²) in [6.07, 6.45) is 4.74. The number of hydrogen-bond donors (Lipinski definition) is 2. The van der Waals surface area contributed by atoms with Crippen molar-refractivity contribution in [1.29, 1.82) is 0 Å². The molecule has 0 fully saturated rings. The van der Waals surface area contributed by atoms with E-state index in [4.69, 9.17) is 4.98 Å². The quantitative estimate of drug-likeness (QED) is 0.752. The lowest BCUT2D eigenvalue weighted by Crippen LogP contribution is -2.09. The number of aromatic nitrogens is 3. The largest absolute Gasteiger partial charge is 0.345 e. The van der Waals surface area contributed by atoms with Crippen LogP contribution in [0.4, 0.5) is 11.5 Å². The van der Waals surface area contributed by atoms with Crippen molar-refractivity contribution in [2.24, 2.45) is 5.41 Å². The van der Waals surface area contributed by atoms with Crippen molar-refractivity contribution in [3.8, 4) is 0 Å². The summed E-state index contributed by atoms with van der Waals surface area (Å²) in [5.74, 6) is 0.767. The van der Waals surface area contributed by atoms with Gasteiger partial charge in [-0.2, -0.15) is 0 Å². The molecule has 4 nitrogen and oxygen atoms in total.